The first-order chi connectivity index (χ1) is 20.0. The van der Waals surface area contributed by atoms with E-state index in [2.05, 4.69) is 33.0 Å². The Morgan fingerprint density at radius 3 is 2.49 bits per heavy atom. The molecule has 0 radical (unpaired) electrons. The Labute approximate surface area is 243 Å². The number of hydrogen-bond acceptors (Lipinski definition) is 9. The Bertz CT molecular complexity index is 1520. The van der Waals surface area contributed by atoms with Crippen LogP contribution in [0.4, 0.5) is 11.5 Å². The maximum atomic E-state index is 13.4. The number of anilines is 2. The molecule has 0 bridgehead atoms. The Kier molecular flexibility index (Phi) is 5.76. The van der Waals surface area contributed by atoms with Crippen molar-refractivity contribution in [3.05, 3.63) is 47.0 Å². The molecule has 1 N–H and O–H groups in total. The molecule has 2 saturated carbocycles. The van der Waals surface area contributed by atoms with E-state index in [1.54, 1.807) is 26.4 Å². The predicted octanol–water partition coefficient (Wildman–Crippen LogP) is 5.28. The third-order valence-electron chi connectivity index (χ3n) is 9.50. The van der Waals surface area contributed by atoms with Crippen LogP contribution in [0.25, 0.3) is 11.3 Å². The van der Waals surface area contributed by atoms with Crippen molar-refractivity contribution in [2.24, 2.45) is 0 Å². The topological polar surface area (TPSA) is 89.3 Å². The number of carbonyl (C=O) groups is 1. The summed E-state index contributed by atoms with van der Waals surface area (Å²) in [4.78, 5) is 18.5. The van der Waals surface area contributed by atoms with Crippen molar-refractivity contribution in [1.82, 2.24) is 10.1 Å². The summed E-state index contributed by atoms with van der Waals surface area (Å²) in [5.74, 6) is 2.70. The van der Waals surface area contributed by atoms with Gasteiger partial charge in [-0.05, 0) is 80.3 Å². The lowest BCUT2D eigenvalue weighted by molar-refractivity contribution is -0.0376. The summed E-state index contributed by atoms with van der Waals surface area (Å²) in [5.41, 5.74) is 5.54. The molecule has 2 aliphatic heterocycles. The number of morpholine rings is 1. The lowest BCUT2D eigenvalue weighted by atomic mass is 9.79. The third kappa shape index (κ3) is 4.17. The number of amides is 1. The first-order valence-electron chi connectivity index (χ1n) is 14.5. The van der Waals surface area contributed by atoms with E-state index in [1.165, 1.54) is 48.0 Å². The van der Waals surface area contributed by atoms with Gasteiger partial charge >= 0.3 is 0 Å². The standard InChI is InChI=1S/C31H34N4O5S/c1-37-24-14-19(29(36)35-12-13-39-31(18-35)8-9-31)15-25(38-2)27(24)41-33-28-22-17-30(6-7-30)23-5-4-20(34-10-3-11-34)16-21(23)26(22)40-32-28/h4-5,14-16H,3,6-13,17-18H2,1-2H3,(H,32,33). The van der Waals surface area contributed by atoms with Crippen molar-refractivity contribution < 1.29 is 23.5 Å². The minimum Gasteiger partial charge on any atom is -0.495 e. The second-order valence-electron chi connectivity index (χ2n) is 12.0. The summed E-state index contributed by atoms with van der Waals surface area (Å²) in [6.45, 7) is 4.02. The van der Waals surface area contributed by atoms with Crippen LogP contribution in [0.5, 0.6) is 11.5 Å². The molecule has 5 aliphatic rings. The second kappa shape index (κ2) is 9.32. The van der Waals surface area contributed by atoms with E-state index in [4.69, 9.17) is 18.7 Å². The number of aromatic nitrogens is 1. The van der Waals surface area contributed by atoms with Gasteiger partial charge in [0.25, 0.3) is 5.91 Å². The normalized spacial score (nSPS) is 20.7. The molecule has 3 aliphatic carbocycles. The van der Waals surface area contributed by atoms with Gasteiger partial charge in [0.15, 0.2) is 11.6 Å². The molecule has 1 aromatic heterocycles. The minimum absolute atomic E-state index is 0.0303. The Morgan fingerprint density at radius 1 is 1.05 bits per heavy atom. The van der Waals surface area contributed by atoms with Crippen LogP contribution in [0, 0.1) is 0 Å². The van der Waals surface area contributed by atoms with E-state index in [-0.39, 0.29) is 16.9 Å². The van der Waals surface area contributed by atoms with E-state index in [9.17, 15) is 4.79 Å². The van der Waals surface area contributed by atoms with Gasteiger partial charge in [-0.2, -0.15) is 0 Å². The van der Waals surface area contributed by atoms with Gasteiger partial charge in [0, 0.05) is 47.4 Å². The maximum absolute atomic E-state index is 13.4. The number of nitrogens with one attached hydrogen (secondary N) is 1. The van der Waals surface area contributed by atoms with Crippen molar-refractivity contribution in [2.75, 3.05) is 56.6 Å². The first-order valence-corrected chi connectivity index (χ1v) is 15.3. The number of carbonyl (C=O) groups excluding carboxylic acids is 1. The Hall–Kier alpha value is -3.37. The van der Waals surface area contributed by atoms with Crippen LogP contribution in [0.3, 0.4) is 0 Å². The molecule has 3 aromatic rings. The Morgan fingerprint density at radius 2 is 1.83 bits per heavy atom. The van der Waals surface area contributed by atoms with Crippen molar-refractivity contribution >= 4 is 29.4 Å². The maximum Gasteiger partial charge on any atom is 0.254 e. The van der Waals surface area contributed by atoms with Crippen LogP contribution in [-0.4, -0.2) is 68.6 Å². The number of ether oxygens (including phenoxy) is 3. The van der Waals surface area contributed by atoms with Crippen molar-refractivity contribution in [1.29, 1.82) is 0 Å². The molecule has 2 saturated heterocycles. The zero-order valence-corrected chi connectivity index (χ0v) is 24.3. The van der Waals surface area contributed by atoms with E-state index in [0.717, 1.165) is 54.4 Å². The third-order valence-corrected chi connectivity index (χ3v) is 10.4. The van der Waals surface area contributed by atoms with Gasteiger partial charge in [-0.3, -0.25) is 4.79 Å². The predicted molar refractivity (Wildman–Crippen MR) is 156 cm³/mol. The lowest BCUT2D eigenvalue weighted by Crippen LogP contribution is -2.46. The van der Waals surface area contributed by atoms with Crippen LogP contribution >= 0.6 is 11.9 Å². The molecule has 10 heteroatoms. The molecule has 1 amide bonds. The summed E-state index contributed by atoms with van der Waals surface area (Å²) in [6.07, 6.45) is 6.55. The van der Waals surface area contributed by atoms with Gasteiger partial charge in [-0.15, -0.1) is 0 Å². The van der Waals surface area contributed by atoms with Crippen molar-refractivity contribution in [2.45, 2.75) is 54.4 Å². The second-order valence-corrected chi connectivity index (χ2v) is 12.9. The number of hydrogen-bond donors (Lipinski definition) is 1. The average Bonchev–Trinajstić information content (AvgIpc) is 3.87. The molecule has 2 spiro atoms. The van der Waals surface area contributed by atoms with Gasteiger partial charge < -0.3 is 33.3 Å². The lowest BCUT2D eigenvalue weighted by Gasteiger charge is -2.34. The van der Waals surface area contributed by atoms with Crippen LogP contribution in [0.15, 0.2) is 39.8 Å². The van der Waals surface area contributed by atoms with Gasteiger partial charge in [0.1, 0.15) is 16.4 Å². The number of fused-ring (bicyclic) bond motifs is 4. The molecular weight excluding hydrogens is 540 g/mol. The van der Waals surface area contributed by atoms with Gasteiger partial charge in [-0.25, -0.2) is 0 Å². The largest absolute Gasteiger partial charge is 0.495 e. The summed E-state index contributed by atoms with van der Waals surface area (Å²) in [7, 11) is 3.23. The van der Waals surface area contributed by atoms with E-state index < -0.39 is 0 Å². The fourth-order valence-electron chi connectivity index (χ4n) is 6.60. The van der Waals surface area contributed by atoms with E-state index >= 15 is 0 Å². The highest BCUT2D eigenvalue weighted by Crippen LogP contribution is 2.59. The van der Waals surface area contributed by atoms with E-state index in [0.29, 0.717) is 36.8 Å². The SMILES string of the molecule is COc1cc(C(=O)N2CCOC3(CC3)C2)cc(OC)c1SNc1noc2c1CC1(CC1)c1ccc(N3CCC3)cc1-2. The number of nitrogens with zero attached hydrogens (tertiary/aromatic N) is 3. The average molecular weight is 575 g/mol. The van der Waals surface area contributed by atoms with E-state index in [1.807, 2.05) is 4.90 Å². The first kappa shape index (κ1) is 25.3. The fourth-order valence-corrected chi connectivity index (χ4v) is 7.44. The molecule has 8 rings (SSSR count). The monoisotopic (exact) mass is 574 g/mol. The van der Waals surface area contributed by atoms with Crippen LogP contribution in [-0.2, 0) is 16.6 Å². The minimum atomic E-state index is -0.130. The fraction of sp³-hybridized carbons (Fsp3) is 0.484. The zero-order valence-electron chi connectivity index (χ0n) is 23.5. The summed E-state index contributed by atoms with van der Waals surface area (Å²) < 4.78 is 26.8. The van der Waals surface area contributed by atoms with Crippen LogP contribution < -0.4 is 19.1 Å². The molecule has 41 heavy (non-hydrogen) atoms. The van der Waals surface area contributed by atoms with Crippen LogP contribution in [0.2, 0.25) is 0 Å². The smallest absolute Gasteiger partial charge is 0.254 e. The number of methoxy groups -OCH3 is 2. The van der Waals surface area contributed by atoms with Crippen molar-refractivity contribution in [3.63, 3.8) is 0 Å². The van der Waals surface area contributed by atoms with Gasteiger partial charge in [-0.1, -0.05) is 11.2 Å². The molecule has 2 aromatic carbocycles. The summed E-state index contributed by atoms with van der Waals surface area (Å²) in [6, 6.07) is 10.5. The molecule has 0 unspecified atom stereocenters. The summed E-state index contributed by atoms with van der Waals surface area (Å²) >= 11 is 1.37. The number of rotatable bonds is 7. The molecular formula is C31H34N4O5S. The highest BCUT2D eigenvalue weighted by atomic mass is 32.2. The highest BCUT2D eigenvalue weighted by Gasteiger charge is 2.51. The van der Waals surface area contributed by atoms with Crippen molar-refractivity contribution in [3.8, 4) is 22.8 Å². The van der Waals surface area contributed by atoms with Gasteiger partial charge in [0.05, 0.1) is 33.0 Å². The van der Waals surface area contributed by atoms with Gasteiger partial charge in [0.2, 0.25) is 0 Å². The summed E-state index contributed by atoms with van der Waals surface area (Å²) in [5, 5.41) is 4.48. The molecule has 0 atom stereocenters. The Balaban J connectivity index is 1.06. The zero-order chi connectivity index (χ0) is 27.8. The molecule has 3 heterocycles. The highest BCUT2D eigenvalue weighted by molar-refractivity contribution is 8.00. The molecule has 214 valence electrons. The number of benzene rings is 2. The molecule has 4 fully saturated rings. The van der Waals surface area contributed by atoms with Crippen LogP contribution in [0.1, 0.15) is 53.6 Å². The quantitative estimate of drug-likeness (QED) is 0.379. The molecule has 9 nitrogen and oxygen atoms in total.